The van der Waals surface area contributed by atoms with Gasteiger partial charge in [-0.1, -0.05) is 6.58 Å². The molecule has 1 amide bonds. The predicted molar refractivity (Wildman–Crippen MR) is 56.0 cm³/mol. The van der Waals surface area contributed by atoms with E-state index in [0.29, 0.717) is 0 Å². The van der Waals surface area contributed by atoms with Crippen molar-refractivity contribution in [2.75, 3.05) is 0 Å². The molecule has 0 aliphatic carbocycles. The summed E-state index contributed by atoms with van der Waals surface area (Å²) >= 11 is 0. The minimum absolute atomic E-state index is 0. The fraction of sp³-hybridized carbons (Fsp3) is 0.571. The maximum absolute atomic E-state index is 10.7. The van der Waals surface area contributed by atoms with E-state index in [1.165, 1.54) is 13.8 Å². The quantitative estimate of drug-likeness (QED) is 0.369. The third-order valence-electron chi connectivity index (χ3n) is 1.73. The summed E-state index contributed by atoms with van der Waals surface area (Å²) in [6.45, 7) is 6.01. The van der Waals surface area contributed by atoms with Gasteiger partial charge in [0.05, 0.1) is 0 Å². The Bertz CT molecular complexity index is 301. The molecule has 14 heavy (non-hydrogen) atoms. The van der Waals surface area contributed by atoms with E-state index in [1.54, 1.807) is 0 Å². The fourth-order valence-electron chi connectivity index (χ4n) is 0.659. The molecule has 0 radical (unpaired) electrons. The van der Waals surface area contributed by atoms with Gasteiger partial charge in [-0.25, -0.2) is 0 Å². The molecule has 0 saturated carbocycles. The molecule has 0 aliphatic heterocycles. The molecule has 0 saturated heterocycles. The summed E-state index contributed by atoms with van der Waals surface area (Å²) in [5.74, 6) is -0.469. The van der Waals surface area contributed by atoms with Crippen LogP contribution < -0.4 is 5.32 Å². The Kier molecular flexibility index (Phi) is 7.21. The third kappa shape index (κ3) is 5.45. The maximum atomic E-state index is 10.7. The van der Waals surface area contributed by atoms with Gasteiger partial charge in [-0.05, 0) is 19.9 Å². The number of rotatable bonds is 4. The van der Waals surface area contributed by atoms with Gasteiger partial charge >= 0.3 is 18.9 Å². The van der Waals surface area contributed by atoms with Crippen LogP contribution in [0.2, 0.25) is 0 Å². The molecule has 0 bridgehead atoms. The first-order chi connectivity index (χ1) is 5.79. The second-order valence-corrected chi connectivity index (χ2v) is 4.49. The van der Waals surface area contributed by atoms with E-state index in [4.69, 9.17) is 4.55 Å². The summed E-state index contributed by atoms with van der Waals surface area (Å²) < 4.78 is 29.9. The van der Waals surface area contributed by atoms with Gasteiger partial charge in [-0.3, -0.25) is 9.35 Å². The minimum atomic E-state index is -4.10. The molecule has 0 aliphatic rings. The Morgan fingerprint density at radius 3 is 2.21 bits per heavy atom. The van der Waals surface area contributed by atoms with Crippen LogP contribution in [0.15, 0.2) is 12.7 Å². The Balaban J connectivity index is 0. The van der Waals surface area contributed by atoms with Crippen LogP contribution in [0.3, 0.4) is 0 Å². The Morgan fingerprint density at radius 1 is 1.50 bits per heavy atom. The van der Waals surface area contributed by atoms with Gasteiger partial charge in [-0.15, -0.1) is 0 Å². The molecular formula is C7H14LiNO4S. The summed E-state index contributed by atoms with van der Waals surface area (Å²) in [4.78, 5) is 10.7. The van der Waals surface area contributed by atoms with Crippen molar-refractivity contribution in [1.82, 2.24) is 5.32 Å². The third-order valence-corrected chi connectivity index (χ3v) is 3.08. The van der Waals surface area contributed by atoms with Crippen molar-refractivity contribution in [1.29, 1.82) is 0 Å². The summed E-state index contributed by atoms with van der Waals surface area (Å²) in [5.41, 5.74) is 0. The van der Waals surface area contributed by atoms with Crippen molar-refractivity contribution >= 4 is 34.9 Å². The number of hydrogen-bond donors (Lipinski definition) is 2. The Labute approximate surface area is 95.9 Å². The molecule has 0 aromatic heterocycles. The van der Waals surface area contributed by atoms with Crippen LogP contribution in [-0.4, -0.2) is 49.0 Å². The van der Waals surface area contributed by atoms with Gasteiger partial charge in [0, 0.05) is 6.04 Å². The second kappa shape index (κ2) is 6.25. The topological polar surface area (TPSA) is 83.5 Å². The summed E-state index contributed by atoms with van der Waals surface area (Å²) in [7, 11) is -4.10. The van der Waals surface area contributed by atoms with Crippen molar-refractivity contribution in [3.8, 4) is 0 Å². The van der Waals surface area contributed by atoms with E-state index < -0.39 is 27.3 Å². The van der Waals surface area contributed by atoms with E-state index in [9.17, 15) is 13.2 Å². The predicted octanol–water partition coefficient (Wildman–Crippen LogP) is -0.695. The second-order valence-electron chi connectivity index (χ2n) is 2.72. The first-order valence-corrected chi connectivity index (χ1v) is 5.18. The van der Waals surface area contributed by atoms with Gasteiger partial charge in [0.15, 0.2) is 0 Å². The van der Waals surface area contributed by atoms with Crippen molar-refractivity contribution < 1.29 is 17.8 Å². The SMILES string of the molecule is C=CC(=O)NC(C)C(C)S(=O)(=O)O.[LiH]. The Hall–Kier alpha value is -0.283. The van der Waals surface area contributed by atoms with Crippen LogP contribution in [0.4, 0.5) is 0 Å². The van der Waals surface area contributed by atoms with Gasteiger partial charge in [0.1, 0.15) is 5.25 Å². The molecule has 2 N–H and O–H groups in total. The van der Waals surface area contributed by atoms with E-state index in [0.717, 1.165) is 6.08 Å². The van der Waals surface area contributed by atoms with Gasteiger partial charge in [0.25, 0.3) is 10.1 Å². The molecule has 0 fully saturated rings. The van der Waals surface area contributed by atoms with Crippen LogP contribution in [-0.2, 0) is 14.9 Å². The van der Waals surface area contributed by atoms with E-state index in [1.807, 2.05) is 0 Å². The standard InChI is InChI=1S/C7H13NO4S.Li.H/c1-4-7(9)8-5(2)6(3)13(10,11)12;;/h4-6H,1H2,2-3H3,(H,8,9)(H,10,11,12);;. The summed E-state index contributed by atoms with van der Waals surface area (Å²) in [5, 5.41) is 1.31. The zero-order chi connectivity index (χ0) is 10.6. The molecule has 2 atom stereocenters. The van der Waals surface area contributed by atoms with Gasteiger partial charge < -0.3 is 5.32 Å². The van der Waals surface area contributed by atoms with Crippen LogP contribution in [0, 0.1) is 0 Å². The molecule has 0 aromatic carbocycles. The molecule has 0 spiro atoms. The molecule has 7 heteroatoms. The number of nitrogens with one attached hydrogen (secondary N) is 1. The molecule has 2 unspecified atom stereocenters. The van der Waals surface area contributed by atoms with Crippen LogP contribution >= 0.6 is 0 Å². The Morgan fingerprint density at radius 2 is 1.93 bits per heavy atom. The zero-order valence-corrected chi connectivity index (χ0v) is 8.34. The number of carbonyl (C=O) groups is 1. The molecular weight excluding hydrogens is 201 g/mol. The first kappa shape index (κ1) is 16.2. The molecule has 78 valence electrons. The number of hydrogen-bond acceptors (Lipinski definition) is 3. The average molecular weight is 215 g/mol. The number of carbonyl (C=O) groups excluding carboxylic acids is 1. The normalized spacial score (nSPS) is 14.8. The molecule has 0 heterocycles. The first-order valence-electron chi connectivity index (χ1n) is 3.68. The number of amides is 1. The molecule has 0 rings (SSSR count). The van der Waals surface area contributed by atoms with Crippen molar-refractivity contribution in [2.24, 2.45) is 0 Å². The molecule has 0 aromatic rings. The van der Waals surface area contributed by atoms with Gasteiger partial charge in [0.2, 0.25) is 5.91 Å². The van der Waals surface area contributed by atoms with E-state index >= 15 is 0 Å². The van der Waals surface area contributed by atoms with Crippen LogP contribution in [0.25, 0.3) is 0 Å². The van der Waals surface area contributed by atoms with Gasteiger partial charge in [-0.2, -0.15) is 8.42 Å². The average Bonchev–Trinajstić information content (AvgIpc) is 2.01. The zero-order valence-electron chi connectivity index (χ0n) is 7.52. The van der Waals surface area contributed by atoms with E-state index in [-0.39, 0.29) is 18.9 Å². The summed E-state index contributed by atoms with van der Waals surface area (Å²) in [6, 6.07) is -0.652. The fourth-order valence-corrected chi connectivity index (χ4v) is 1.24. The van der Waals surface area contributed by atoms with Crippen molar-refractivity contribution in [2.45, 2.75) is 25.1 Å². The summed E-state index contributed by atoms with van der Waals surface area (Å²) in [6.07, 6.45) is 1.03. The van der Waals surface area contributed by atoms with Crippen molar-refractivity contribution in [3.05, 3.63) is 12.7 Å². The monoisotopic (exact) mass is 215 g/mol. The van der Waals surface area contributed by atoms with Crippen LogP contribution in [0.1, 0.15) is 13.8 Å². The molecule has 5 nitrogen and oxygen atoms in total. The van der Waals surface area contributed by atoms with Crippen LogP contribution in [0.5, 0.6) is 0 Å². The van der Waals surface area contributed by atoms with E-state index in [2.05, 4.69) is 11.9 Å². The van der Waals surface area contributed by atoms with Crippen molar-refractivity contribution in [3.63, 3.8) is 0 Å².